The second-order valence-electron chi connectivity index (χ2n) is 8.91. The van der Waals surface area contributed by atoms with Crippen molar-refractivity contribution in [1.82, 2.24) is 10.2 Å². The standard InChI is InChI=1S/C28H26N2O4/c1-34-27(33)28(17-19-11-5-2-6-12-19)23-22(24(29-28)21-15-9-4-10-16-21)25(31)30(26(23)32)18-20-13-7-3-8-14-20/h2-16,22-24,29H,17-18H2,1H3/t22-,23-,24-,28-/m0/s1. The van der Waals surface area contributed by atoms with Gasteiger partial charge in [-0.15, -0.1) is 0 Å². The number of benzene rings is 3. The number of carbonyl (C=O) groups is 3. The molecule has 0 aliphatic carbocycles. The van der Waals surface area contributed by atoms with Gasteiger partial charge < -0.3 is 4.74 Å². The van der Waals surface area contributed by atoms with Gasteiger partial charge in [-0.2, -0.15) is 0 Å². The molecule has 172 valence electrons. The zero-order valence-corrected chi connectivity index (χ0v) is 18.9. The minimum atomic E-state index is -1.36. The van der Waals surface area contributed by atoms with Crippen LogP contribution in [0.5, 0.6) is 0 Å². The van der Waals surface area contributed by atoms with E-state index in [2.05, 4.69) is 5.32 Å². The molecule has 2 amide bonds. The summed E-state index contributed by atoms with van der Waals surface area (Å²) in [6.07, 6.45) is 0.239. The SMILES string of the molecule is COC(=O)[C@@]1(Cc2ccccc2)N[C@@H](c2ccccc2)[C@H]2C(=O)N(Cc3ccccc3)C(=O)[C@H]21. The van der Waals surface area contributed by atoms with E-state index in [1.165, 1.54) is 12.0 Å². The normalized spacial score (nSPS) is 25.9. The van der Waals surface area contributed by atoms with E-state index >= 15 is 0 Å². The minimum Gasteiger partial charge on any atom is -0.468 e. The number of ether oxygens (including phenoxy) is 1. The van der Waals surface area contributed by atoms with Gasteiger partial charge in [0.25, 0.3) is 0 Å². The van der Waals surface area contributed by atoms with Crippen molar-refractivity contribution in [2.24, 2.45) is 11.8 Å². The molecule has 6 heteroatoms. The molecule has 2 saturated heterocycles. The summed E-state index contributed by atoms with van der Waals surface area (Å²) in [4.78, 5) is 42.3. The highest BCUT2D eigenvalue weighted by Crippen LogP contribution is 2.50. The van der Waals surface area contributed by atoms with Gasteiger partial charge in [0.05, 0.1) is 25.5 Å². The van der Waals surface area contributed by atoms with Gasteiger partial charge in [-0.05, 0) is 16.7 Å². The molecule has 0 spiro atoms. The molecule has 1 N–H and O–H groups in total. The highest BCUT2D eigenvalue weighted by atomic mass is 16.5. The minimum absolute atomic E-state index is 0.176. The Balaban J connectivity index is 1.61. The largest absolute Gasteiger partial charge is 0.468 e. The Kier molecular flexibility index (Phi) is 5.75. The zero-order chi connectivity index (χ0) is 23.7. The van der Waals surface area contributed by atoms with Crippen LogP contribution in [-0.4, -0.2) is 35.3 Å². The van der Waals surface area contributed by atoms with Gasteiger partial charge >= 0.3 is 5.97 Å². The molecule has 0 aromatic heterocycles. The van der Waals surface area contributed by atoms with E-state index in [9.17, 15) is 14.4 Å². The molecule has 2 heterocycles. The van der Waals surface area contributed by atoms with Gasteiger partial charge in [0.2, 0.25) is 11.8 Å². The first-order chi connectivity index (χ1) is 16.5. The Morgan fingerprint density at radius 1 is 0.853 bits per heavy atom. The van der Waals surface area contributed by atoms with E-state index < -0.39 is 29.4 Å². The van der Waals surface area contributed by atoms with Crippen LogP contribution in [0.25, 0.3) is 0 Å². The molecule has 0 saturated carbocycles. The van der Waals surface area contributed by atoms with Crippen molar-refractivity contribution in [3.8, 4) is 0 Å². The van der Waals surface area contributed by atoms with E-state index in [1.807, 2.05) is 91.0 Å². The molecule has 3 aromatic carbocycles. The lowest BCUT2D eigenvalue weighted by atomic mass is 9.76. The molecular weight excluding hydrogens is 428 g/mol. The number of esters is 1. The number of hydrogen-bond acceptors (Lipinski definition) is 5. The Hall–Kier alpha value is -3.77. The van der Waals surface area contributed by atoms with Gasteiger partial charge in [0.1, 0.15) is 5.54 Å². The molecule has 0 unspecified atom stereocenters. The van der Waals surface area contributed by atoms with Crippen LogP contribution in [0, 0.1) is 11.8 Å². The monoisotopic (exact) mass is 454 g/mol. The molecule has 2 aliphatic heterocycles. The van der Waals surface area contributed by atoms with Gasteiger partial charge in [-0.3, -0.25) is 24.6 Å². The lowest BCUT2D eigenvalue weighted by Crippen LogP contribution is -2.57. The van der Waals surface area contributed by atoms with Gasteiger partial charge in [-0.25, -0.2) is 0 Å². The van der Waals surface area contributed by atoms with E-state index in [0.29, 0.717) is 0 Å². The fourth-order valence-electron chi connectivity index (χ4n) is 5.45. The summed E-state index contributed by atoms with van der Waals surface area (Å²) < 4.78 is 5.26. The number of fused-ring (bicyclic) bond motifs is 1. The lowest BCUT2D eigenvalue weighted by molar-refractivity contribution is -0.154. The smallest absolute Gasteiger partial charge is 0.327 e. The van der Waals surface area contributed by atoms with E-state index in [1.54, 1.807) is 0 Å². The number of carbonyl (C=O) groups excluding carboxylic acids is 3. The predicted octanol–water partition coefficient (Wildman–Crippen LogP) is 3.29. The second kappa shape index (κ2) is 8.88. The van der Waals surface area contributed by atoms with Crippen LogP contribution >= 0.6 is 0 Å². The highest BCUT2D eigenvalue weighted by Gasteiger charge is 2.68. The average molecular weight is 455 g/mol. The van der Waals surface area contributed by atoms with Crippen molar-refractivity contribution < 1.29 is 19.1 Å². The van der Waals surface area contributed by atoms with Crippen LogP contribution in [0.1, 0.15) is 22.7 Å². The van der Waals surface area contributed by atoms with Crippen molar-refractivity contribution in [2.75, 3.05) is 7.11 Å². The predicted molar refractivity (Wildman–Crippen MR) is 126 cm³/mol. The van der Waals surface area contributed by atoms with Crippen LogP contribution in [-0.2, 0) is 32.1 Å². The second-order valence-corrected chi connectivity index (χ2v) is 8.91. The summed E-state index contributed by atoms with van der Waals surface area (Å²) in [5.74, 6) is -2.72. The third-order valence-electron chi connectivity index (χ3n) is 6.96. The number of amides is 2. The number of imide groups is 1. The quantitative estimate of drug-likeness (QED) is 0.457. The lowest BCUT2D eigenvalue weighted by Gasteiger charge is -2.32. The molecule has 3 aromatic rings. The molecule has 5 rings (SSSR count). The first-order valence-corrected chi connectivity index (χ1v) is 11.4. The maximum absolute atomic E-state index is 13.9. The Morgan fingerprint density at radius 3 is 2.00 bits per heavy atom. The third kappa shape index (κ3) is 3.60. The first kappa shape index (κ1) is 22.0. The van der Waals surface area contributed by atoms with Crippen molar-refractivity contribution in [1.29, 1.82) is 0 Å². The van der Waals surface area contributed by atoms with Crippen LogP contribution in [0.4, 0.5) is 0 Å². The van der Waals surface area contributed by atoms with Crippen molar-refractivity contribution >= 4 is 17.8 Å². The van der Waals surface area contributed by atoms with Gasteiger partial charge in [0.15, 0.2) is 0 Å². The fraction of sp³-hybridized carbons (Fsp3) is 0.250. The topological polar surface area (TPSA) is 75.7 Å². The van der Waals surface area contributed by atoms with Gasteiger partial charge in [-0.1, -0.05) is 91.0 Å². The van der Waals surface area contributed by atoms with Crippen molar-refractivity contribution in [3.63, 3.8) is 0 Å². The van der Waals surface area contributed by atoms with E-state index in [-0.39, 0.29) is 24.8 Å². The summed E-state index contributed by atoms with van der Waals surface area (Å²) >= 11 is 0. The highest BCUT2D eigenvalue weighted by molar-refractivity contribution is 6.09. The molecular formula is C28H26N2O4. The third-order valence-corrected chi connectivity index (χ3v) is 6.96. The molecule has 4 atom stereocenters. The maximum Gasteiger partial charge on any atom is 0.327 e. The van der Waals surface area contributed by atoms with Crippen LogP contribution < -0.4 is 5.32 Å². The number of hydrogen-bond donors (Lipinski definition) is 1. The zero-order valence-electron chi connectivity index (χ0n) is 18.9. The molecule has 34 heavy (non-hydrogen) atoms. The average Bonchev–Trinajstić information content (AvgIpc) is 3.35. The Morgan fingerprint density at radius 2 is 1.41 bits per heavy atom. The van der Waals surface area contributed by atoms with Crippen LogP contribution in [0.3, 0.4) is 0 Å². The summed E-state index contributed by atoms with van der Waals surface area (Å²) in [5.41, 5.74) is 1.24. The molecule has 0 bridgehead atoms. The molecule has 2 aliphatic rings. The number of methoxy groups -OCH3 is 1. The van der Waals surface area contributed by atoms with Crippen molar-refractivity contribution in [2.45, 2.75) is 24.5 Å². The number of likely N-dealkylation sites (tertiary alicyclic amines) is 1. The number of nitrogens with one attached hydrogen (secondary N) is 1. The van der Waals surface area contributed by atoms with E-state index in [4.69, 9.17) is 4.74 Å². The molecule has 0 radical (unpaired) electrons. The van der Waals surface area contributed by atoms with Crippen LogP contribution in [0.15, 0.2) is 91.0 Å². The summed E-state index contributed by atoms with van der Waals surface area (Å²) in [6, 6.07) is 28.0. The fourth-order valence-corrected chi connectivity index (χ4v) is 5.45. The van der Waals surface area contributed by atoms with Gasteiger partial charge in [0, 0.05) is 12.5 Å². The summed E-state index contributed by atoms with van der Waals surface area (Å²) in [5, 5.41) is 3.42. The molecule has 6 nitrogen and oxygen atoms in total. The van der Waals surface area contributed by atoms with Crippen molar-refractivity contribution in [3.05, 3.63) is 108 Å². The number of rotatable bonds is 6. The Labute approximate surface area is 198 Å². The first-order valence-electron chi connectivity index (χ1n) is 11.4. The molecule has 2 fully saturated rings. The number of nitrogens with zero attached hydrogens (tertiary/aromatic N) is 1. The summed E-state index contributed by atoms with van der Waals surface area (Å²) in [6.45, 7) is 0.176. The Bertz CT molecular complexity index is 1200. The summed E-state index contributed by atoms with van der Waals surface area (Å²) in [7, 11) is 1.32. The van der Waals surface area contributed by atoms with E-state index in [0.717, 1.165) is 16.7 Å². The maximum atomic E-state index is 13.9. The van der Waals surface area contributed by atoms with Crippen LogP contribution in [0.2, 0.25) is 0 Å².